The second-order valence-corrected chi connectivity index (χ2v) is 6.20. The highest BCUT2D eigenvalue weighted by Crippen LogP contribution is 2.31. The summed E-state index contributed by atoms with van der Waals surface area (Å²) in [5, 5.41) is 6.45. The van der Waals surface area contributed by atoms with Crippen LogP contribution in [0.2, 0.25) is 0 Å². The van der Waals surface area contributed by atoms with E-state index in [2.05, 4.69) is 34.0 Å². The molecule has 3 rings (SSSR count). The zero-order valence-electron chi connectivity index (χ0n) is 16.3. The number of anilines is 2. The first-order valence-corrected chi connectivity index (χ1v) is 9.20. The van der Waals surface area contributed by atoms with Gasteiger partial charge in [-0.15, -0.1) is 0 Å². The highest BCUT2D eigenvalue weighted by atomic mass is 16.5. The lowest BCUT2D eigenvalue weighted by Gasteiger charge is -2.06. The maximum absolute atomic E-state index is 11.7. The first kappa shape index (κ1) is 19.2. The van der Waals surface area contributed by atoms with Crippen molar-refractivity contribution in [1.82, 2.24) is 9.88 Å². The Kier molecular flexibility index (Phi) is 5.75. The van der Waals surface area contributed by atoms with Gasteiger partial charge in [0.1, 0.15) is 11.4 Å². The summed E-state index contributed by atoms with van der Waals surface area (Å²) < 4.78 is 7.41. The number of fused-ring (bicyclic) bond motifs is 1. The number of carbonyl (C=O) groups is 1. The van der Waals surface area contributed by atoms with Crippen LogP contribution in [0.25, 0.3) is 10.9 Å². The summed E-state index contributed by atoms with van der Waals surface area (Å²) in [6.45, 7) is 5.23. The molecule has 6 nitrogen and oxygen atoms in total. The number of rotatable bonds is 4. The lowest BCUT2D eigenvalue weighted by atomic mass is 10.2. The lowest BCUT2D eigenvalue weighted by molar-refractivity contribution is 0.252. The Morgan fingerprint density at radius 1 is 1.18 bits per heavy atom. The number of nitrogens with two attached hydrogens (primary N) is 1. The quantitative estimate of drug-likeness (QED) is 0.606. The van der Waals surface area contributed by atoms with E-state index >= 15 is 0 Å². The van der Waals surface area contributed by atoms with Crippen molar-refractivity contribution < 1.29 is 9.53 Å². The largest absolute Gasteiger partial charge is 0.497 e. The molecular weight excluding hydrogens is 352 g/mol. The first-order valence-electron chi connectivity index (χ1n) is 9.20. The van der Waals surface area contributed by atoms with E-state index in [1.165, 1.54) is 0 Å². The molecule has 0 saturated carbocycles. The molecule has 3 aromatic rings. The minimum atomic E-state index is -0.239. The van der Waals surface area contributed by atoms with Crippen molar-refractivity contribution in [2.75, 3.05) is 24.7 Å². The molecule has 28 heavy (non-hydrogen) atoms. The van der Waals surface area contributed by atoms with E-state index in [4.69, 9.17) is 10.5 Å². The molecule has 0 atom stereocenters. The molecule has 0 unspecified atom stereocenters. The fraction of sp³-hybridized carbons (Fsp3) is 0.227. The Morgan fingerprint density at radius 3 is 2.71 bits per heavy atom. The van der Waals surface area contributed by atoms with Gasteiger partial charge in [-0.1, -0.05) is 12.0 Å². The highest BCUT2D eigenvalue weighted by molar-refractivity contribution is 5.96. The molecule has 2 amide bonds. The zero-order chi connectivity index (χ0) is 20.1. The zero-order valence-corrected chi connectivity index (χ0v) is 16.3. The van der Waals surface area contributed by atoms with Crippen LogP contribution in [-0.4, -0.2) is 24.3 Å². The van der Waals surface area contributed by atoms with Gasteiger partial charge in [-0.3, -0.25) is 0 Å². The Bertz CT molecular complexity index is 1070. The predicted molar refractivity (Wildman–Crippen MR) is 114 cm³/mol. The maximum Gasteiger partial charge on any atom is 0.319 e. The summed E-state index contributed by atoms with van der Waals surface area (Å²) in [6.07, 6.45) is 0. The molecule has 0 aliphatic rings. The minimum absolute atomic E-state index is 0.239. The third-order valence-corrected chi connectivity index (χ3v) is 4.41. The Hall–Kier alpha value is -3.59. The van der Waals surface area contributed by atoms with Gasteiger partial charge in [0.25, 0.3) is 0 Å². The molecule has 4 N–H and O–H groups in total. The van der Waals surface area contributed by atoms with Gasteiger partial charge < -0.3 is 25.7 Å². The van der Waals surface area contributed by atoms with Crippen molar-refractivity contribution in [3.05, 3.63) is 53.7 Å². The molecule has 1 heterocycles. The summed E-state index contributed by atoms with van der Waals surface area (Å²) >= 11 is 0. The number of aromatic nitrogens is 1. The fourth-order valence-electron chi connectivity index (χ4n) is 3.09. The number of carbonyl (C=O) groups excluding carboxylic acids is 1. The molecule has 144 valence electrons. The Morgan fingerprint density at radius 2 is 2.00 bits per heavy atom. The molecule has 0 spiro atoms. The smallest absolute Gasteiger partial charge is 0.319 e. The van der Waals surface area contributed by atoms with Crippen LogP contribution in [0, 0.1) is 11.8 Å². The Balaban J connectivity index is 1.97. The highest BCUT2D eigenvalue weighted by Gasteiger charge is 2.13. The van der Waals surface area contributed by atoms with E-state index < -0.39 is 0 Å². The number of nitrogens with zero attached hydrogens (tertiary/aromatic N) is 1. The van der Waals surface area contributed by atoms with E-state index in [-0.39, 0.29) is 6.03 Å². The number of urea groups is 1. The normalized spacial score (nSPS) is 10.2. The molecule has 0 aliphatic heterocycles. The maximum atomic E-state index is 11.7. The monoisotopic (exact) mass is 376 g/mol. The van der Waals surface area contributed by atoms with Crippen molar-refractivity contribution in [3.63, 3.8) is 0 Å². The number of ether oxygens (including phenoxy) is 1. The van der Waals surface area contributed by atoms with Gasteiger partial charge in [-0.05, 0) is 50.1 Å². The second kappa shape index (κ2) is 8.40. The predicted octanol–water partition coefficient (Wildman–Crippen LogP) is 3.79. The van der Waals surface area contributed by atoms with E-state index in [9.17, 15) is 4.79 Å². The van der Waals surface area contributed by atoms with Crippen LogP contribution in [0.4, 0.5) is 16.2 Å². The molecule has 6 heteroatoms. The number of benzene rings is 2. The van der Waals surface area contributed by atoms with Crippen LogP contribution in [0.5, 0.6) is 5.75 Å². The molecule has 0 saturated heterocycles. The van der Waals surface area contributed by atoms with Crippen LogP contribution in [0.15, 0.2) is 42.5 Å². The van der Waals surface area contributed by atoms with E-state index in [1.54, 1.807) is 7.11 Å². The molecule has 0 fully saturated rings. The fourth-order valence-corrected chi connectivity index (χ4v) is 3.09. The van der Waals surface area contributed by atoms with Crippen molar-refractivity contribution in [1.29, 1.82) is 0 Å². The summed E-state index contributed by atoms with van der Waals surface area (Å²) in [4.78, 5) is 11.7. The van der Waals surface area contributed by atoms with Crippen molar-refractivity contribution in [3.8, 4) is 17.6 Å². The second-order valence-electron chi connectivity index (χ2n) is 6.20. The van der Waals surface area contributed by atoms with Crippen molar-refractivity contribution in [2.24, 2.45) is 0 Å². The summed E-state index contributed by atoms with van der Waals surface area (Å²) in [6, 6.07) is 13.0. The summed E-state index contributed by atoms with van der Waals surface area (Å²) in [5.74, 6) is 7.14. The summed E-state index contributed by atoms with van der Waals surface area (Å²) in [7, 11) is 1.65. The van der Waals surface area contributed by atoms with Gasteiger partial charge in [-0.25, -0.2) is 4.79 Å². The molecule has 0 aliphatic carbocycles. The third-order valence-electron chi connectivity index (χ3n) is 4.41. The average Bonchev–Trinajstić information content (AvgIpc) is 2.97. The molecule has 0 radical (unpaired) electrons. The number of hydrogen-bond acceptors (Lipinski definition) is 3. The van der Waals surface area contributed by atoms with Gasteiger partial charge in [0, 0.05) is 35.8 Å². The van der Waals surface area contributed by atoms with Crippen LogP contribution in [0.3, 0.4) is 0 Å². The van der Waals surface area contributed by atoms with Crippen molar-refractivity contribution in [2.45, 2.75) is 20.4 Å². The molecule has 2 aromatic carbocycles. The van der Waals surface area contributed by atoms with Crippen LogP contribution < -0.4 is 21.1 Å². The van der Waals surface area contributed by atoms with E-state index in [1.807, 2.05) is 49.4 Å². The van der Waals surface area contributed by atoms with Crippen LogP contribution >= 0.6 is 0 Å². The Labute approximate surface area is 164 Å². The number of amides is 2. The number of nitrogen functional groups attached to an aromatic ring is 1. The number of nitrogens with one attached hydrogen (secondary N) is 2. The minimum Gasteiger partial charge on any atom is -0.497 e. The van der Waals surface area contributed by atoms with Gasteiger partial charge >= 0.3 is 6.03 Å². The topological polar surface area (TPSA) is 81.3 Å². The van der Waals surface area contributed by atoms with Crippen molar-refractivity contribution >= 4 is 28.3 Å². The summed E-state index contributed by atoms with van der Waals surface area (Å²) in [5.41, 5.74) is 10.3. The molecule has 0 bridgehead atoms. The number of methoxy groups -OCH3 is 1. The molecular formula is C22H24N4O2. The first-order chi connectivity index (χ1) is 13.6. The van der Waals surface area contributed by atoms with Gasteiger partial charge in [-0.2, -0.15) is 0 Å². The lowest BCUT2D eigenvalue weighted by Crippen LogP contribution is -2.28. The standard InChI is InChI=1S/C22H24N4O2/c1-4-24-22(27)25-16-8-6-7-15(13-16)9-12-19-21(23)18-11-10-17(28-3)14-20(18)26(19)5-2/h6-8,10-11,13-14H,4-5,23H2,1-3H3,(H2,24,25,27). The van der Waals surface area contributed by atoms with E-state index in [0.29, 0.717) is 17.9 Å². The van der Waals surface area contributed by atoms with Gasteiger partial charge in [0.2, 0.25) is 0 Å². The SMILES string of the molecule is CCNC(=O)Nc1cccc(C#Cc2c(N)c3ccc(OC)cc3n2CC)c1. The van der Waals surface area contributed by atoms with Gasteiger partial charge in [0.05, 0.1) is 18.3 Å². The van der Waals surface area contributed by atoms with E-state index in [0.717, 1.165) is 34.5 Å². The number of hydrogen-bond donors (Lipinski definition) is 3. The number of aryl methyl sites for hydroxylation is 1. The van der Waals surface area contributed by atoms with Crippen LogP contribution in [-0.2, 0) is 6.54 Å². The average molecular weight is 376 g/mol. The molecule has 1 aromatic heterocycles. The van der Waals surface area contributed by atoms with Gasteiger partial charge in [0.15, 0.2) is 0 Å². The van der Waals surface area contributed by atoms with Crippen LogP contribution in [0.1, 0.15) is 25.1 Å². The third kappa shape index (κ3) is 3.89.